The van der Waals surface area contributed by atoms with Gasteiger partial charge in [0.25, 0.3) is 0 Å². The van der Waals surface area contributed by atoms with Crippen LogP contribution in [0.4, 0.5) is 0 Å². The Hall–Kier alpha value is -1.60. The molecule has 24 heavy (non-hydrogen) atoms. The molecule has 0 radical (unpaired) electrons. The summed E-state index contributed by atoms with van der Waals surface area (Å²) < 4.78 is 26.8. The van der Waals surface area contributed by atoms with E-state index in [1.54, 1.807) is 7.05 Å². The van der Waals surface area contributed by atoms with Gasteiger partial charge in [0, 0.05) is 33.2 Å². The van der Waals surface area contributed by atoms with Gasteiger partial charge in [-0.1, -0.05) is 44.2 Å². The van der Waals surface area contributed by atoms with Gasteiger partial charge in [0.15, 0.2) is 5.96 Å². The molecule has 0 saturated carbocycles. The van der Waals surface area contributed by atoms with E-state index in [1.165, 1.54) is 0 Å². The van der Waals surface area contributed by atoms with Crippen molar-refractivity contribution in [2.24, 2.45) is 10.4 Å². The predicted molar refractivity (Wildman–Crippen MR) is 98.4 cm³/mol. The van der Waals surface area contributed by atoms with E-state index in [4.69, 9.17) is 0 Å². The molecule has 2 rings (SSSR count). The van der Waals surface area contributed by atoms with Crippen molar-refractivity contribution in [3.05, 3.63) is 35.9 Å². The highest BCUT2D eigenvalue weighted by Crippen LogP contribution is 2.28. The Bertz CT molecular complexity index is 656. The molecular weight excluding hydrogens is 324 g/mol. The summed E-state index contributed by atoms with van der Waals surface area (Å²) in [5, 5.41) is 3.16. The van der Waals surface area contributed by atoms with E-state index >= 15 is 0 Å². The zero-order valence-electron chi connectivity index (χ0n) is 14.7. The number of rotatable bonds is 6. The molecule has 1 aliphatic heterocycles. The van der Waals surface area contributed by atoms with Crippen LogP contribution in [-0.4, -0.2) is 51.7 Å². The molecule has 0 spiro atoms. The molecule has 0 bridgehead atoms. The second-order valence-electron chi connectivity index (χ2n) is 6.94. The number of benzene rings is 1. The summed E-state index contributed by atoms with van der Waals surface area (Å²) in [5.74, 6) is 0.801. The number of likely N-dealkylation sites (tertiary alicyclic amines) is 1. The molecule has 1 aromatic carbocycles. The lowest BCUT2D eigenvalue weighted by Crippen LogP contribution is -2.43. The fourth-order valence-electron chi connectivity index (χ4n) is 2.78. The highest BCUT2D eigenvalue weighted by Gasteiger charge is 2.30. The minimum Gasteiger partial charge on any atom is -0.355 e. The smallest absolute Gasteiger partial charge is 0.213 e. The second-order valence-corrected chi connectivity index (χ2v) is 8.86. The van der Waals surface area contributed by atoms with E-state index in [9.17, 15) is 8.42 Å². The third kappa shape index (κ3) is 5.79. The van der Waals surface area contributed by atoms with Gasteiger partial charge in [0.2, 0.25) is 10.0 Å². The molecule has 6 nitrogen and oxygen atoms in total. The first-order valence-corrected chi connectivity index (χ1v) is 9.93. The van der Waals surface area contributed by atoms with Gasteiger partial charge < -0.3 is 10.2 Å². The average Bonchev–Trinajstić information content (AvgIpc) is 2.90. The summed E-state index contributed by atoms with van der Waals surface area (Å²) in [7, 11) is -1.58. The number of hydrogen-bond donors (Lipinski definition) is 2. The number of hydrogen-bond acceptors (Lipinski definition) is 3. The maximum Gasteiger partial charge on any atom is 0.213 e. The topological polar surface area (TPSA) is 73.8 Å². The Morgan fingerprint density at radius 2 is 2.00 bits per heavy atom. The minimum atomic E-state index is -3.32. The first-order valence-electron chi connectivity index (χ1n) is 8.28. The largest absolute Gasteiger partial charge is 0.355 e. The molecule has 1 fully saturated rings. The van der Waals surface area contributed by atoms with Crippen molar-refractivity contribution < 1.29 is 8.42 Å². The lowest BCUT2D eigenvalue weighted by molar-refractivity contribution is 0.370. The van der Waals surface area contributed by atoms with Crippen LogP contribution < -0.4 is 10.0 Å². The molecule has 1 heterocycles. The summed E-state index contributed by atoms with van der Waals surface area (Å²) >= 11 is 0. The highest BCUT2D eigenvalue weighted by molar-refractivity contribution is 7.89. The molecule has 0 atom stereocenters. The molecule has 134 valence electrons. The zero-order chi connectivity index (χ0) is 17.6. The Labute approximate surface area is 145 Å². The second kappa shape index (κ2) is 7.98. The van der Waals surface area contributed by atoms with Gasteiger partial charge in [-0.05, 0) is 17.4 Å². The highest BCUT2D eigenvalue weighted by atomic mass is 32.2. The van der Waals surface area contributed by atoms with Crippen molar-refractivity contribution in [1.82, 2.24) is 14.9 Å². The van der Waals surface area contributed by atoms with E-state index < -0.39 is 10.0 Å². The molecule has 1 saturated heterocycles. The minimum absolute atomic E-state index is 0.0239. The van der Waals surface area contributed by atoms with E-state index in [0.717, 1.165) is 31.0 Å². The first kappa shape index (κ1) is 18.7. The van der Waals surface area contributed by atoms with Crippen molar-refractivity contribution >= 4 is 16.0 Å². The maximum atomic E-state index is 12.1. The average molecular weight is 353 g/mol. The summed E-state index contributed by atoms with van der Waals surface area (Å²) in [6, 6.07) is 9.50. The number of aliphatic imine (C=N–C) groups is 1. The lowest BCUT2D eigenvalue weighted by Gasteiger charge is -2.23. The van der Waals surface area contributed by atoms with Crippen LogP contribution >= 0.6 is 0 Å². The van der Waals surface area contributed by atoms with Crippen LogP contribution in [0.5, 0.6) is 0 Å². The van der Waals surface area contributed by atoms with Gasteiger partial charge in [0.1, 0.15) is 0 Å². The molecule has 1 aliphatic rings. The van der Waals surface area contributed by atoms with Crippen molar-refractivity contribution in [2.75, 3.05) is 32.4 Å². The first-order chi connectivity index (χ1) is 11.3. The van der Waals surface area contributed by atoms with Gasteiger partial charge in [-0.25, -0.2) is 13.1 Å². The van der Waals surface area contributed by atoms with Crippen LogP contribution in [0.2, 0.25) is 0 Å². The van der Waals surface area contributed by atoms with Crippen molar-refractivity contribution in [2.45, 2.75) is 26.8 Å². The third-order valence-corrected chi connectivity index (χ3v) is 5.51. The standard InChI is InChI=1S/C17H28N4O2S/c1-17(2)9-11-21(14-17)16(18-3)19-10-12-24(22,23)20-13-15-7-5-4-6-8-15/h4-8,20H,9-14H2,1-3H3,(H,18,19). The van der Waals surface area contributed by atoms with Crippen LogP contribution in [0, 0.1) is 5.41 Å². The Balaban J connectivity index is 1.77. The van der Waals surface area contributed by atoms with Crippen LogP contribution in [0.15, 0.2) is 35.3 Å². The molecule has 0 amide bonds. The maximum absolute atomic E-state index is 12.1. The molecule has 2 N–H and O–H groups in total. The monoisotopic (exact) mass is 352 g/mol. The summed E-state index contributed by atoms with van der Waals surface area (Å²) in [4.78, 5) is 6.45. The lowest BCUT2D eigenvalue weighted by atomic mass is 9.93. The normalized spacial score (nSPS) is 18.0. The molecule has 0 aliphatic carbocycles. The van der Waals surface area contributed by atoms with Crippen LogP contribution in [0.25, 0.3) is 0 Å². The predicted octanol–water partition coefficient (Wildman–Crippen LogP) is 1.41. The fraction of sp³-hybridized carbons (Fsp3) is 0.588. The van der Waals surface area contributed by atoms with Gasteiger partial charge >= 0.3 is 0 Å². The van der Waals surface area contributed by atoms with Crippen molar-refractivity contribution in [3.63, 3.8) is 0 Å². The summed E-state index contributed by atoms with van der Waals surface area (Å²) in [6.07, 6.45) is 1.12. The number of guanidine groups is 1. The van der Waals surface area contributed by atoms with Crippen LogP contribution in [0.3, 0.4) is 0 Å². The van der Waals surface area contributed by atoms with Crippen LogP contribution in [0.1, 0.15) is 25.8 Å². The number of nitrogens with zero attached hydrogens (tertiary/aromatic N) is 2. The van der Waals surface area contributed by atoms with Gasteiger partial charge in [-0.2, -0.15) is 0 Å². The van der Waals surface area contributed by atoms with E-state index in [0.29, 0.717) is 13.1 Å². The van der Waals surface area contributed by atoms with Gasteiger partial charge in [-0.3, -0.25) is 4.99 Å². The molecule has 0 aromatic heterocycles. The van der Waals surface area contributed by atoms with E-state index in [1.807, 2.05) is 30.3 Å². The fourth-order valence-corrected chi connectivity index (χ4v) is 3.69. The third-order valence-electron chi connectivity index (χ3n) is 4.18. The summed E-state index contributed by atoms with van der Waals surface area (Å²) in [5.41, 5.74) is 1.23. The molecule has 1 aromatic rings. The Kier molecular flexibility index (Phi) is 6.23. The Morgan fingerprint density at radius 3 is 2.58 bits per heavy atom. The zero-order valence-corrected chi connectivity index (χ0v) is 15.6. The molecular formula is C17H28N4O2S. The van der Waals surface area contributed by atoms with Crippen molar-refractivity contribution in [3.8, 4) is 0 Å². The van der Waals surface area contributed by atoms with Crippen LogP contribution in [-0.2, 0) is 16.6 Å². The van der Waals surface area contributed by atoms with E-state index in [2.05, 4.69) is 33.8 Å². The molecule has 0 unspecified atom stereocenters. The SMILES string of the molecule is CN=C(NCCS(=O)(=O)NCc1ccccc1)N1CCC(C)(C)C1. The molecule has 7 heteroatoms. The van der Waals surface area contributed by atoms with Gasteiger partial charge in [0.05, 0.1) is 5.75 Å². The Morgan fingerprint density at radius 1 is 1.29 bits per heavy atom. The number of sulfonamides is 1. The van der Waals surface area contributed by atoms with E-state index in [-0.39, 0.29) is 11.2 Å². The van der Waals surface area contributed by atoms with Crippen molar-refractivity contribution in [1.29, 1.82) is 0 Å². The quantitative estimate of drug-likeness (QED) is 0.600. The number of nitrogens with one attached hydrogen (secondary N) is 2. The van der Waals surface area contributed by atoms with Gasteiger partial charge in [-0.15, -0.1) is 0 Å². The summed E-state index contributed by atoms with van der Waals surface area (Å²) in [6.45, 7) is 7.01.